The number of hydrogen-bond donors (Lipinski definition) is 0. The van der Waals surface area contributed by atoms with E-state index in [1.165, 1.54) is 212 Å². The maximum atomic E-state index is 12.9. The fourth-order valence-corrected chi connectivity index (χ4v) is 9.86. The summed E-state index contributed by atoms with van der Waals surface area (Å²) < 4.78 is 16.9. The Morgan fingerprint density at radius 3 is 0.802 bits per heavy atom. The SMILES string of the molecule is CC/C=C\C/C=C\C/C=C\C/C=C\C/C=C\CCCC(=O)OC(COC(=O)CCCCCCCCC/C=C\CCCCCCCC)COC(=O)CCCCCCCCCCCCCCCCCCC/C=C\C/C=C\CCCCCCC. The lowest BCUT2D eigenvalue weighted by atomic mass is 10.0. The number of allylic oxidation sites excluding steroid dienone is 16. The molecule has 0 fully saturated rings. The van der Waals surface area contributed by atoms with Crippen molar-refractivity contribution in [2.24, 2.45) is 0 Å². The summed E-state index contributed by atoms with van der Waals surface area (Å²) in [6, 6.07) is 0. The van der Waals surface area contributed by atoms with Gasteiger partial charge in [-0.2, -0.15) is 0 Å². The van der Waals surface area contributed by atoms with Crippen molar-refractivity contribution in [2.45, 2.75) is 348 Å². The maximum Gasteiger partial charge on any atom is 0.306 e. The Morgan fingerprint density at radius 2 is 0.494 bits per heavy atom. The zero-order chi connectivity index (χ0) is 58.5. The molecule has 0 heterocycles. The summed E-state index contributed by atoms with van der Waals surface area (Å²) >= 11 is 0. The van der Waals surface area contributed by atoms with Crippen molar-refractivity contribution in [2.75, 3.05) is 13.2 Å². The summed E-state index contributed by atoms with van der Waals surface area (Å²) in [6.45, 7) is 6.50. The Kier molecular flexibility index (Phi) is 65.7. The molecule has 0 aliphatic rings. The van der Waals surface area contributed by atoms with Gasteiger partial charge in [-0.05, 0) is 116 Å². The van der Waals surface area contributed by atoms with Gasteiger partial charge in [0, 0.05) is 19.3 Å². The zero-order valence-corrected chi connectivity index (χ0v) is 53.5. The van der Waals surface area contributed by atoms with Gasteiger partial charge in [-0.25, -0.2) is 0 Å². The van der Waals surface area contributed by atoms with E-state index in [9.17, 15) is 14.4 Å². The van der Waals surface area contributed by atoms with Crippen LogP contribution in [0, 0.1) is 0 Å². The van der Waals surface area contributed by atoms with Gasteiger partial charge in [0.15, 0.2) is 6.10 Å². The van der Waals surface area contributed by atoms with Crippen LogP contribution in [0.2, 0.25) is 0 Å². The lowest BCUT2D eigenvalue weighted by Crippen LogP contribution is -2.30. The second-order valence-electron chi connectivity index (χ2n) is 23.1. The predicted molar refractivity (Wildman–Crippen MR) is 353 cm³/mol. The fraction of sp³-hybridized carbons (Fsp3) is 0.747. The second kappa shape index (κ2) is 68.8. The standard InChI is InChI=1S/C75H130O6/c1-4-7-10-13-16-19-22-25-28-31-32-33-34-35-36-37-38-39-40-41-42-45-47-50-53-56-59-62-65-68-74(77)80-71-72(81-75(78)69-66-63-60-57-54-51-48-44-30-27-24-21-18-15-12-9-6-3)70-79-73(76)67-64-61-58-55-52-49-46-43-29-26-23-20-17-14-11-8-5-2/h9,12,18,21-22,25-27,29-32,48,51,57,60,72H,4-8,10-11,13-17,19-20,23-24,28,33-47,49-50,52-56,58-59,61-71H2,1-3H3/b12-9-,21-18-,25-22-,29-26-,30-27-,32-31-,51-48-,60-57-. The Balaban J connectivity index is 4.31. The molecule has 6 nitrogen and oxygen atoms in total. The van der Waals surface area contributed by atoms with Gasteiger partial charge in [-0.1, -0.05) is 304 Å². The van der Waals surface area contributed by atoms with Crippen LogP contribution < -0.4 is 0 Å². The Bertz CT molecular complexity index is 1580. The molecule has 0 saturated carbocycles. The van der Waals surface area contributed by atoms with E-state index in [1.54, 1.807) is 0 Å². The highest BCUT2D eigenvalue weighted by Gasteiger charge is 2.19. The highest BCUT2D eigenvalue weighted by atomic mass is 16.6. The topological polar surface area (TPSA) is 78.9 Å². The summed E-state index contributed by atoms with van der Waals surface area (Å²) in [6.07, 6.45) is 93.0. The minimum absolute atomic E-state index is 0.0994. The number of ether oxygens (including phenoxy) is 3. The number of unbranched alkanes of at least 4 members (excludes halogenated alkanes) is 36. The summed E-state index contributed by atoms with van der Waals surface area (Å²) in [4.78, 5) is 38.4. The third-order valence-electron chi connectivity index (χ3n) is 15.0. The van der Waals surface area contributed by atoms with Gasteiger partial charge in [0.1, 0.15) is 13.2 Å². The third-order valence-corrected chi connectivity index (χ3v) is 15.0. The molecule has 0 radical (unpaired) electrons. The van der Waals surface area contributed by atoms with Crippen molar-refractivity contribution in [3.63, 3.8) is 0 Å². The van der Waals surface area contributed by atoms with Gasteiger partial charge in [-0.3, -0.25) is 14.4 Å². The van der Waals surface area contributed by atoms with Crippen molar-refractivity contribution in [1.29, 1.82) is 0 Å². The molecular weight excluding hydrogens is 997 g/mol. The van der Waals surface area contributed by atoms with Crippen molar-refractivity contribution in [1.82, 2.24) is 0 Å². The van der Waals surface area contributed by atoms with E-state index in [-0.39, 0.29) is 37.5 Å². The van der Waals surface area contributed by atoms with E-state index < -0.39 is 6.10 Å². The van der Waals surface area contributed by atoms with E-state index in [0.717, 1.165) is 83.5 Å². The maximum absolute atomic E-state index is 12.9. The summed E-state index contributed by atoms with van der Waals surface area (Å²) in [5, 5.41) is 0. The molecule has 0 aromatic rings. The molecule has 466 valence electrons. The minimum Gasteiger partial charge on any atom is -0.462 e. The molecule has 1 unspecified atom stereocenters. The van der Waals surface area contributed by atoms with Crippen LogP contribution in [0.5, 0.6) is 0 Å². The number of esters is 3. The van der Waals surface area contributed by atoms with Gasteiger partial charge in [0.05, 0.1) is 0 Å². The van der Waals surface area contributed by atoms with E-state index >= 15 is 0 Å². The van der Waals surface area contributed by atoms with Crippen LogP contribution in [-0.2, 0) is 28.6 Å². The molecule has 0 aromatic heterocycles. The van der Waals surface area contributed by atoms with Crippen molar-refractivity contribution in [3.05, 3.63) is 97.2 Å². The van der Waals surface area contributed by atoms with Gasteiger partial charge in [-0.15, -0.1) is 0 Å². The smallest absolute Gasteiger partial charge is 0.306 e. The first-order valence-electron chi connectivity index (χ1n) is 34.7. The van der Waals surface area contributed by atoms with Crippen molar-refractivity contribution >= 4 is 17.9 Å². The van der Waals surface area contributed by atoms with Crippen LogP contribution in [0.1, 0.15) is 342 Å². The molecular formula is C75H130O6. The van der Waals surface area contributed by atoms with Gasteiger partial charge >= 0.3 is 17.9 Å². The van der Waals surface area contributed by atoms with Crippen LogP contribution in [-0.4, -0.2) is 37.2 Å². The van der Waals surface area contributed by atoms with Crippen LogP contribution in [0.3, 0.4) is 0 Å². The average Bonchev–Trinajstić information content (AvgIpc) is 3.47. The average molecular weight is 1130 g/mol. The van der Waals surface area contributed by atoms with Gasteiger partial charge in [0.2, 0.25) is 0 Å². The number of rotatable bonds is 63. The third kappa shape index (κ3) is 67.0. The fourth-order valence-electron chi connectivity index (χ4n) is 9.86. The molecule has 6 heteroatoms. The van der Waals surface area contributed by atoms with Crippen LogP contribution in [0.15, 0.2) is 97.2 Å². The van der Waals surface area contributed by atoms with E-state index in [2.05, 4.69) is 118 Å². The lowest BCUT2D eigenvalue weighted by molar-refractivity contribution is -0.167. The quantitative estimate of drug-likeness (QED) is 0.0261. The van der Waals surface area contributed by atoms with Crippen molar-refractivity contribution in [3.8, 4) is 0 Å². The van der Waals surface area contributed by atoms with E-state index in [4.69, 9.17) is 14.2 Å². The van der Waals surface area contributed by atoms with Crippen LogP contribution in [0.25, 0.3) is 0 Å². The first kappa shape index (κ1) is 77.3. The number of carbonyl (C=O) groups is 3. The van der Waals surface area contributed by atoms with Gasteiger partial charge < -0.3 is 14.2 Å². The highest BCUT2D eigenvalue weighted by Crippen LogP contribution is 2.17. The largest absolute Gasteiger partial charge is 0.462 e. The lowest BCUT2D eigenvalue weighted by Gasteiger charge is -2.18. The predicted octanol–water partition coefficient (Wildman–Crippen LogP) is 24.0. The molecule has 0 aliphatic carbocycles. The Labute approximate surface area is 502 Å². The van der Waals surface area contributed by atoms with Crippen LogP contribution >= 0.6 is 0 Å². The first-order valence-corrected chi connectivity index (χ1v) is 34.7. The highest BCUT2D eigenvalue weighted by molar-refractivity contribution is 5.71. The summed E-state index contributed by atoms with van der Waals surface area (Å²) in [5.74, 6) is -0.949. The monoisotopic (exact) mass is 1130 g/mol. The molecule has 81 heavy (non-hydrogen) atoms. The Morgan fingerprint density at radius 1 is 0.259 bits per heavy atom. The summed E-state index contributed by atoms with van der Waals surface area (Å²) in [7, 11) is 0. The molecule has 0 bridgehead atoms. The number of hydrogen-bond acceptors (Lipinski definition) is 6. The molecule has 0 amide bonds. The van der Waals surface area contributed by atoms with Gasteiger partial charge in [0.25, 0.3) is 0 Å². The molecule has 0 aliphatic heterocycles. The van der Waals surface area contributed by atoms with E-state index in [0.29, 0.717) is 19.3 Å². The molecule has 0 spiro atoms. The normalized spacial score (nSPS) is 12.7. The molecule has 0 N–H and O–H groups in total. The minimum atomic E-state index is -0.810. The van der Waals surface area contributed by atoms with E-state index in [1.807, 2.05) is 0 Å². The molecule has 0 saturated heterocycles. The second-order valence-corrected chi connectivity index (χ2v) is 23.1. The number of carbonyl (C=O) groups excluding carboxylic acids is 3. The molecule has 0 aromatic carbocycles. The molecule has 1 atom stereocenters. The summed E-state index contributed by atoms with van der Waals surface area (Å²) in [5.41, 5.74) is 0. The molecule has 0 rings (SSSR count). The first-order chi connectivity index (χ1) is 40.0. The Hall–Kier alpha value is -3.67. The van der Waals surface area contributed by atoms with Crippen molar-refractivity contribution < 1.29 is 28.6 Å². The van der Waals surface area contributed by atoms with Crippen LogP contribution in [0.4, 0.5) is 0 Å². The zero-order valence-electron chi connectivity index (χ0n) is 53.5.